The highest BCUT2D eigenvalue weighted by Crippen LogP contribution is 2.38. The van der Waals surface area contributed by atoms with Crippen LogP contribution in [0.25, 0.3) is 6.08 Å². The quantitative estimate of drug-likeness (QED) is 0.150. The Bertz CT molecular complexity index is 1890. The second-order valence-electron chi connectivity index (χ2n) is 9.20. The van der Waals surface area contributed by atoms with Crippen molar-refractivity contribution in [2.75, 3.05) is 6.61 Å². The number of benzene rings is 3. The van der Waals surface area contributed by atoms with Crippen molar-refractivity contribution in [3.8, 4) is 5.75 Å². The Morgan fingerprint density at radius 3 is 2.49 bits per heavy atom. The van der Waals surface area contributed by atoms with Crippen molar-refractivity contribution < 1.29 is 27.4 Å². The summed E-state index contributed by atoms with van der Waals surface area (Å²) in [5, 5.41) is 0.338. The Labute approximate surface area is 274 Å². The molecule has 0 bridgehead atoms. The predicted octanol–water partition coefficient (Wildman–Crippen LogP) is 6.94. The van der Waals surface area contributed by atoms with E-state index in [-0.39, 0.29) is 21.5 Å². The molecule has 5 rings (SSSR count). The van der Waals surface area contributed by atoms with Gasteiger partial charge in [-0.2, -0.15) is 13.2 Å². The third kappa shape index (κ3) is 6.76. The van der Waals surface area contributed by atoms with Gasteiger partial charge in [0.05, 0.1) is 30.8 Å². The molecule has 0 saturated heterocycles. The van der Waals surface area contributed by atoms with Crippen LogP contribution in [0, 0.1) is 3.57 Å². The van der Waals surface area contributed by atoms with Crippen molar-refractivity contribution in [2.45, 2.75) is 25.7 Å². The van der Waals surface area contributed by atoms with Gasteiger partial charge in [-0.05, 0) is 92.5 Å². The summed E-state index contributed by atoms with van der Waals surface area (Å²) < 4.78 is 56.5. The Balaban J connectivity index is 1.63. The molecule has 0 amide bonds. The van der Waals surface area contributed by atoms with Gasteiger partial charge in [-0.25, -0.2) is 9.79 Å². The Hall–Kier alpha value is -2.94. The van der Waals surface area contributed by atoms with Crippen molar-refractivity contribution in [2.24, 2.45) is 4.99 Å². The molecule has 3 aromatic carbocycles. The van der Waals surface area contributed by atoms with E-state index in [0.717, 1.165) is 25.0 Å². The summed E-state index contributed by atoms with van der Waals surface area (Å²) in [5.74, 6) is -0.600. The first-order valence-electron chi connectivity index (χ1n) is 12.7. The zero-order valence-corrected chi connectivity index (χ0v) is 27.4. The molecule has 1 aliphatic heterocycles. The number of allylic oxidation sites excluding steroid dienone is 1. The summed E-state index contributed by atoms with van der Waals surface area (Å²) in [7, 11) is 0. The Morgan fingerprint density at radius 2 is 1.86 bits per heavy atom. The average Bonchev–Trinajstić information content (AvgIpc) is 3.26. The molecule has 1 atom stereocenters. The number of esters is 1. The molecule has 0 aliphatic carbocycles. The van der Waals surface area contributed by atoms with Crippen LogP contribution in [-0.4, -0.2) is 23.3 Å². The van der Waals surface area contributed by atoms with Crippen LogP contribution in [0.1, 0.15) is 29.7 Å². The first-order valence-corrected chi connectivity index (χ1v) is 15.8. The number of hydrogen-bond acceptors (Lipinski definition) is 6. The van der Waals surface area contributed by atoms with E-state index in [1.54, 1.807) is 18.2 Å². The molecule has 0 unspecified atom stereocenters. The van der Waals surface area contributed by atoms with Crippen molar-refractivity contribution in [1.29, 1.82) is 0 Å². The van der Waals surface area contributed by atoms with Gasteiger partial charge < -0.3 is 9.47 Å². The van der Waals surface area contributed by atoms with Gasteiger partial charge in [0.2, 0.25) is 0 Å². The van der Waals surface area contributed by atoms with E-state index in [1.807, 2.05) is 30.3 Å². The third-order valence-corrected chi connectivity index (χ3v) is 8.95. The Kier molecular flexibility index (Phi) is 9.49. The number of alkyl halides is 3. The number of thiazole rings is 1. The highest BCUT2D eigenvalue weighted by atomic mass is 127. The number of hydrogen-bond donors (Lipinski definition) is 0. The highest BCUT2D eigenvalue weighted by Gasteiger charge is 2.45. The molecule has 1 aromatic heterocycles. The van der Waals surface area contributed by atoms with E-state index in [1.165, 1.54) is 31.2 Å². The molecule has 0 fully saturated rings. The summed E-state index contributed by atoms with van der Waals surface area (Å²) in [5.41, 5.74) is -0.941. The van der Waals surface area contributed by atoms with Gasteiger partial charge in [0.25, 0.3) is 5.56 Å². The summed E-state index contributed by atoms with van der Waals surface area (Å²) in [6.45, 7) is 1.67. The van der Waals surface area contributed by atoms with Crippen LogP contribution in [-0.2, 0) is 16.1 Å². The fourth-order valence-corrected chi connectivity index (χ4v) is 7.38. The molecule has 6 nitrogen and oxygen atoms in total. The smallest absolute Gasteiger partial charge is 0.434 e. The number of fused-ring (bicyclic) bond motifs is 1. The lowest BCUT2D eigenvalue weighted by Gasteiger charge is -2.26. The van der Waals surface area contributed by atoms with E-state index >= 15 is 0 Å². The van der Waals surface area contributed by atoms with Gasteiger partial charge in [-0.1, -0.05) is 65.4 Å². The van der Waals surface area contributed by atoms with Crippen LogP contribution >= 0.6 is 61.5 Å². The van der Waals surface area contributed by atoms with Crippen LogP contribution in [0.5, 0.6) is 5.75 Å². The summed E-state index contributed by atoms with van der Waals surface area (Å²) in [6.07, 6.45) is -3.42. The van der Waals surface area contributed by atoms with Crippen molar-refractivity contribution in [3.63, 3.8) is 0 Å². The number of ether oxygens (including phenoxy) is 2. The highest BCUT2D eigenvalue weighted by molar-refractivity contribution is 14.1. The molecular weight excluding hydrogens is 784 g/mol. The van der Waals surface area contributed by atoms with Crippen LogP contribution in [0.3, 0.4) is 0 Å². The molecule has 43 heavy (non-hydrogen) atoms. The largest absolute Gasteiger partial charge is 0.487 e. The van der Waals surface area contributed by atoms with E-state index < -0.39 is 35.0 Å². The van der Waals surface area contributed by atoms with Gasteiger partial charge in [-0.3, -0.25) is 9.36 Å². The summed E-state index contributed by atoms with van der Waals surface area (Å²) in [6, 6.07) is 17.7. The maximum Gasteiger partial charge on any atom is 0.434 e. The lowest BCUT2D eigenvalue weighted by atomic mass is 9.95. The molecule has 2 heterocycles. The van der Waals surface area contributed by atoms with Gasteiger partial charge >= 0.3 is 12.1 Å². The third-order valence-electron chi connectivity index (χ3n) is 6.33. The monoisotopic (exact) mass is 802 g/mol. The molecule has 0 radical (unpaired) electrons. The van der Waals surface area contributed by atoms with Gasteiger partial charge in [-0.15, -0.1) is 0 Å². The van der Waals surface area contributed by atoms with Crippen LogP contribution in [0.2, 0.25) is 5.02 Å². The number of rotatable bonds is 7. The lowest BCUT2D eigenvalue weighted by molar-refractivity contribution is -0.140. The second kappa shape index (κ2) is 13.0. The van der Waals surface area contributed by atoms with E-state index in [9.17, 15) is 22.8 Å². The molecule has 1 aliphatic rings. The minimum absolute atomic E-state index is 0.130. The van der Waals surface area contributed by atoms with Gasteiger partial charge in [0, 0.05) is 5.02 Å². The fourth-order valence-electron chi connectivity index (χ4n) is 4.48. The number of aromatic nitrogens is 1. The topological polar surface area (TPSA) is 69.9 Å². The minimum atomic E-state index is -4.99. The first-order chi connectivity index (χ1) is 20.5. The normalized spacial score (nSPS) is 15.2. The lowest BCUT2D eigenvalue weighted by Crippen LogP contribution is -2.41. The molecular formula is C30H20BrClF3IN2O4S. The number of halogens is 6. The SMILES string of the molecule is CCOC(=O)C1=C(C(F)(F)F)N=c2s/c(=C\c3cc(Br)c(OCc4ccccc4)c(I)c3)c(=O)n2[C@@H]1c1ccc(Cl)cc1. The number of carbonyl (C=O) groups is 1. The zero-order chi connectivity index (χ0) is 30.9. The van der Waals surface area contributed by atoms with E-state index in [4.69, 9.17) is 21.1 Å². The molecule has 0 saturated carbocycles. The maximum absolute atomic E-state index is 14.3. The average molecular weight is 804 g/mol. The summed E-state index contributed by atoms with van der Waals surface area (Å²) >= 11 is 12.5. The maximum atomic E-state index is 14.3. The molecule has 0 spiro atoms. The fraction of sp³-hybridized carbons (Fsp3) is 0.167. The molecule has 222 valence electrons. The van der Waals surface area contributed by atoms with E-state index in [0.29, 0.717) is 27.4 Å². The van der Waals surface area contributed by atoms with Crippen molar-refractivity contribution >= 4 is 73.5 Å². The number of nitrogens with zero attached hydrogens (tertiary/aromatic N) is 2. The van der Waals surface area contributed by atoms with Gasteiger partial charge in [0.1, 0.15) is 12.4 Å². The van der Waals surface area contributed by atoms with E-state index in [2.05, 4.69) is 43.5 Å². The second-order valence-corrected chi connectivity index (χ2v) is 12.7. The standard InChI is InChI=1S/C30H20BrClF3IN2O4S/c1-2-41-28(40)23-24(18-8-10-19(32)11-9-18)38-27(39)22(43-29(38)37-26(23)30(33,34)35)14-17-12-20(31)25(21(36)13-17)42-15-16-6-4-3-5-7-16/h3-14,24H,2,15H2,1H3/b22-14-/t24-/m1/s1. The minimum Gasteiger partial charge on any atom is -0.487 e. The van der Waals surface area contributed by atoms with Gasteiger partial charge in [0.15, 0.2) is 10.5 Å². The predicted molar refractivity (Wildman–Crippen MR) is 170 cm³/mol. The van der Waals surface area contributed by atoms with Crippen LogP contribution in [0.4, 0.5) is 13.2 Å². The van der Waals surface area contributed by atoms with Crippen LogP contribution in [0.15, 0.2) is 92.3 Å². The zero-order valence-electron chi connectivity index (χ0n) is 22.1. The van der Waals surface area contributed by atoms with Crippen molar-refractivity contribution in [3.05, 3.63) is 127 Å². The number of carbonyl (C=O) groups excluding carboxylic acids is 1. The Morgan fingerprint density at radius 1 is 1.16 bits per heavy atom. The van der Waals surface area contributed by atoms with Crippen LogP contribution < -0.4 is 19.6 Å². The summed E-state index contributed by atoms with van der Waals surface area (Å²) in [4.78, 5) is 30.4. The van der Waals surface area contributed by atoms with Crippen molar-refractivity contribution in [1.82, 2.24) is 4.57 Å². The molecule has 4 aromatic rings. The first kappa shape index (κ1) is 31.5. The molecule has 0 N–H and O–H groups in total. The molecule has 13 heteroatoms.